The lowest BCUT2D eigenvalue weighted by molar-refractivity contribution is 0.0630. The quantitative estimate of drug-likeness (QED) is 0.704. The lowest BCUT2D eigenvalue weighted by Gasteiger charge is -2.33. The Morgan fingerprint density at radius 2 is 2.36 bits per heavy atom. The van der Waals surface area contributed by atoms with Crippen molar-refractivity contribution in [2.75, 3.05) is 5.75 Å². The van der Waals surface area contributed by atoms with Crippen molar-refractivity contribution in [2.45, 2.75) is 31.1 Å². The minimum atomic E-state index is -0.644. The van der Waals surface area contributed by atoms with E-state index in [0.29, 0.717) is 5.25 Å². The van der Waals surface area contributed by atoms with E-state index in [1.807, 2.05) is 11.8 Å². The Morgan fingerprint density at radius 1 is 1.73 bits per heavy atom. The van der Waals surface area contributed by atoms with E-state index in [2.05, 4.69) is 6.92 Å². The van der Waals surface area contributed by atoms with E-state index in [9.17, 15) is 4.79 Å². The Morgan fingerprint density at radius 3 is 2.82 bits per heavy atom. The van der Waals surface area contributed by atoms with Crippen molar-refractivity contribution in [2.24, 2.45) is 5.73 Å². The molecule has 0 radical (unpaired) electrons. The molecule has 0 saturated heterocycles. The second kappa shape index (κ2) is 3.85. The van der Waals surface area contributed by atoms with Crippen LogP contribution in [0.4, 0.5) is 4.79 Å². The molecule has 1 aliphatic rings. The van der Waals surface area contributed by atoms with E-state index in [1.165, 1.54) is 0 Å². The van der Waals surface area contributed by atoms with E-state index in [1.54, 1.807) is 0 Å². The third kappa shape index (κ3) is 2.61. The predicted molar refractivity (Wildman–Crippen MR) is 45.6 cm³/mol. The second-order valence-corrected chi connectivity index (χ2v) is 4.19. The highest BCUT2D eigenvalue weighted by molar-refractivity contribution is 7.99. The summed E-state index contributed by atoms with van der Waals surface area (Å²) in [6, 6.07) is 0. The maximum atomic E-state index is 10.3. The Bertz CT molecular complexity index is 145. The Balaban J connectivity index is 2.04. The standard InChI is InChI=1S/C7H13NO2S/c1-2-11-6-3-5(4-6)10-7(8)9/h5-6H,2-4H2,1H3,(H2,8,9)/t5-,6+. The molecule has 0 spiro atoms. The molecule has 0 bridgehead atoms. The van der Waals surface area contributed by atoms with Crippen molar-refractivity contribution in [3.05, 3.63) is 0 Å². The SMILES string of the molecule is CCS[C@H]1C[C@@H](OC(N)=O)C1. The van der Waals surface area contributed by atoms with Gasteiger partial charge in [-0.15, -0.1) is 0 Å². The molecule has 64 valence electrons. The van der Waals surface area contributed by atoms with Crippen molar-refractivity contribution in [3.8, 4) is 0 Å². The van der Waals surface area contributed by atoms with Crippen molar-refractivity contribution in [1.29, 1.82) is 0 Å². The molecular formula is C7H13NO2S. The molecule has 1 fully saturated rings. The van der Waals surface area contributed by atoms with E-state index in [0.717, 1.165) is 18.6 Å². The summed E-state index contributed by atoms with van der Waals surface area (Å²) >= 11 is 1.92. The molecule has 1 aliphatic carbocycles. The van der Waals surface area contributed by atoms with E-state index in [-0.39, 0.29) is 6.10 Å². The zero-order chi connectivity index (χ0) is 8.27. The van der Waals surface area contributed by atoms with Gasteiger partial charge in [-0.1, -0.05) is 6.92 Å². The van der Waals surface area contributed by atoms with Crippen LogP contribution in [0.3, 0.4) is 0 Å². The van der Waals surface area contributed by atoms with Gasteiger partial charge >= 0.3 is 6.09 Å². The van der Waals surface area contributed by atoms with Crippen LogP contribution in [0.15, 0.2) is 0 Å². The fourth-order valence-electron chi connectivity index (χ4n) is 1.15. The average molecular weight is 175 g/mol. The van der Waals surface area contributed by atoms with Gasteiger partial charge in [0.25, 0.3) is 0 Å². The van der Waals surface area contributed by atoms with Gasteiger partial charge in [0.2, 0.25) is 0 Å². The highest BCUT2D eigenvalue weighted by Crippen LogP contribution is 2.33. The monoisotopic (exact) mass is 175 g/mol. The van der Waals surface area contributed by atoms with Gasteiger partial charge in [0.1, 0.15) is 6.10 Å². The number of amides is 1. The topological polar surface area (TPSA) is 52.3 Å². The Labute approximate surface area is 70.7 Å². The number of primary amides is 1. The van der Waals surface area contributed by atoms with Crippen molar-refractivity contribution in [3.63, 3.8) is 0 Å². The van der Waals surface area contributed by atoms with Crippen LogP contribution in [0.1, 0.15) is 19.8 Å². The van der Waals surface area contributed by atoms with Crippen molar-refractivity contribution < 1.29 is 9.53 Å². The molecule has 0 aromatic heterocycles. The van der Waals surface area contributed by atoms with Crippen LogP contribution in [-0.4, -0.2) is 23.2 Å². The van der Waals surface area contributed by atoms with Gasteiger partial charge in [0.15, 0.2) is 0 Å². The molecule has 3 nitrogen and oxygen atoms in total. The summed E-state index contributed by atoms with van der Waals surface area (Å²) in [5.74, 6) is 1.13. The number of hydrogen-bond acceptors (Lipinski definition) is 3. The number of rotatable bonds is 3. The molecule has 0 heterocycles. The number of carbonyl (C=O) groups excluding carboxylic acids is 1. The highest BCUT2D eigenvalue weighted by Gasteiger charge is 2.31. The molecule has 0 atom stereocenters. The smallest absolute Gasteiger partial charge is 0.404 e. The third-order valence-corrected chi connectivity index (χ3v) is 2.93. The number of ether oxygens (including phenoxy) is 1. The van der Waals surface area contributed by atoms with E-state index >= 15 is 0 Å². The molecule has 1 rings (SSSR count). The van der Waals surface area contributed by atoms with Gasteiger partial charge in [0, 0.05) is 5.25 Å². The second-order valence-electron chi connectivity index (χ2n) is 2.61. The van der Waals surface area contributed by atoms with E-state index < -0.39 is 6.09 Å². The van der Waals surface area contributed by atoms with Crippen LogP contribution in [0.2, 0.25) is 0 Å². The zero-order valence-corrected chi connectivity index (χ0v) is 7.39. The molecule has 0 aliphatic heterocycles. The van der Waals surface area contributed by atoms with Crippen molar-refractivity contribution in [1.82, 2.24) is 0 Å². The van der Waals surface area contributed by atoms with Crippen LogP contribution in [-0.2, 0) is 4.74 Å². The Hall–Kier alpha value is -0.380. The third-order valence-electron chi connectivity index (χ3n) is 1.74. The summed E-state index contributed by atoms with van der Waals surface area (Å²) in [5.41, 5.74) is 4.85. The predicted octanol–water partition coefficient (Wildman–Crippen LogP) is 1.37. The number of hydrogen-bond donors (Lipinski definition) is 1. The average Bonchev–Trinajstić information content (AvgIpc) is 1.82. The minimum Gasteiger partial charge on any atom is -0.446 e. The molecule has 0 aromatic carbocycles. The summed E-state index contributed by atoms with van der Waals surface area (Å²) < 4.78 is 4.79. The maximum Gasteiger partial charge on any atom is 0.404 e. The van der Waals surface area contributed by atoms with Crippen LogP contribution in [0.5, 0.6) is 0 Å². The molecule has 11 heavy (non-hydrogen) atoms. The largest absolute Gasteiger partial charge is 0.446 e. The summed E-state index contributed by atoms with van der Waals surface area (Å²) in [6.07, 6.45) is 1.40. The van der Waals surface area contributed by atoms with Crippen LogP contribution < -0.4 is 5.73 Å². The number of thioether (sulfide) groups is 1. The summed E-state index contributed by atoms with van der Waals surface area (Å²) in [5, 5.41) is 0.685. The first kappa shape index (κ1) is 8.71. The fraction of sp³-hybridized carbons (Fsp3) is 0.857. The van der Waals surface area contributed by atoms with E-state index in [4.69, 9.17) is 10.5 Å². The zero-order valence-electron chi connectivity index (χ0n) is 6.58. The van der Waals surface area contributed by atoms with Gasteiger partial charge in [-0.05, 0) is 18.6 Å². The van der Waals surface area contributed by atoms with Gasteiger partial charge < -0.3 is 10.5 Å². The summed E-state index contributed by atoms with van der Waals surface area (Å²) in [4.78, 5) is 10.3. The summed E-state index contributed by atoms with van der Waals surface area (Å²) in [7, 11) is 0. The highest BCUT2D eigenvalue weighted by atomic mass is 32.2. The number of carbonyl (C=O) groups is 1. The maximum absolute atomic E-state index is 10.3. The molecule has 0 aromatic rings. The number of nitrogens with two attached hydrogens (primary N) is 1. The lowest BCUT2D eigenvalue weighted by atomic mass is 9.95. The van der Waals surface area contributed by atoms with Gasteiger partial charge in [-0.3, -0.25) is 0 Å². The first-order valence-electron chi connectivity index (χ1n) is 3.80. The molecule has 1 saturated carbocycles. The normalized spacial score (nSPS) is 29.2. The van der Waals surface area contributed by atoms with Gasteiger partial charge in [-0.2, -0.15) is 11.8 Å². The summed E-state index contributed by atoms with van der Waals surface area (Å²) in [6.45, 7) is 2.13. The molecule has 0 unspecified atom stereocenters. The van der Waals surface area contributed by atoms with Crippen LogP contribution in [0.25, 0.3) is 0 Å². The minimum absolute atomic E-state index is 0.0940. The van der Waals surface area contributed by atoms with Gasteiger partial charge in [0.05, 0.1) is 0 Å². The van der Waals surface area contributed by atoms with Gasteiger partial charge in [-0.25, -0.2) is 4.79 Å². The molecule has 1 amide bonds. The Kier molecular flexibility index (Phi) is 3.05. The van der Waals surface area contributed by atoms with Crippen LogP contribution in [0, 0.1) is 0 Å². The lowest BCUT2D eigenvalue weighted by Crippen LogP contribution is -2.36. The first-order chi connectivity index (χ1) is 5.22. The molecule has 4 heteroatoms. The van der Waals surface area contributed by atoms with Crippen LogP contribution >= 0.6 is 11.8 Å². The van der Waals surface area contributed by atoms with Crippen molar-refractivity contribution >= 4 is 17.9 Å². The first-order valence-corrected chi connectivity index (χ1v) is 4.85. The fourth-order valence-corrected chi connectivity index (χ4v) is 2.32. The molecule has 2 N–H and O–H groups in total. The molecular weight excluding hydrogens is 162 g/mol.